The highest BCUT2D eigenvalue weighted by Gasteiger charge is 2.14. The first-order valence-electron chi connectivity index (χ1n) is 6.42. The summed E-state index contributed by atoms with van der Waals surface area (Å²) in [7, 11) is 0. The van der Waals surface area contributed by atoms with E-state index < -0.39 is 5.97 Å². The van der Waals surface area contributed by atoms with Crippen molar-refractivity contribution in [2.45, 2.75) is 13.0 Å². The standard InChI is InChI=1S/C15H13Cl2NO3S/c1-9(10-4-5-11(16)12(17)7-10)18-14(19)8-21-15(20)13-3-2-6-22-13/h2-7,9H,8H2,1H3,(H,18,19)/t9-/m0/s1. The molecule has 0 radical (unpaired) electrons. The Hall–Kier alpha value is -1.56. The van der Waals surface area contributed by atoms with Crippen LogP contribution < -0.4 is 5.32 Å². The highest BCUT2D eigenvalue weighted by atomic mass is 35.5. The van der Waals surface area contributed by atoms with Crippen LogP contribution in [0.15, 0.2) is 35.7 Å². The Bertz CT molecular complexity index is 673. The first kappa shape index (κ1) is 16.8. The van der Waals surface area contributed by atoms with E-state index in [2.05, 4.69) is 5.32 Å². The van der Waals surface area contributed by atoms with E-state index in [1.807, 2.05) is 0 Å². The highest BCUT2D eigenvalue weighted by molar-refractivity contribution is 7.11. The number of halogens is 2. The van der Waals surface area contributed by atoms with Gasteiger partial charge in [0.15, 0.2) is 6.61 Å². The van der Waals surface area contributed by atoms with Crippen molar-refractivity contribution < 1.29 is 14.3 Å². The van der Waals surface area contributed by atoms with Gasteiger partial charge in [-0.15, -0.1) is 11.3 Å². The van der Waals surface area contributed by atoms with Crippen molar-refractivity contribution in [3.8, 4) is 0 Å². The SMILES string of the molecule is C[C@H](NC(=O)COC(=O)c1cccs1)c1ccc(Cl)c(Cl)c1. The zero-order valence-corrected chi connectivity index (χ0v) is 14.0. The minimum atomic E-state index is -0.507. The molecule has 0 spiro atoms. The third kappa shape index (κ3) is 4.47. The Morgan fingerprint density at radius 1 is 1.27 bits per heavy atom. The van der Waals surface area contributed by atoms with Crippen LogP contribution in [0, 0.1) is 0 Å². The number of nitrogens with one attached hydrogen (secondary N) is 1. The number of esters is 1. The quantitative estimate of drug-likeness (QED) is 0.819. The third-order valence-electron chi connectivity index (χ3n) is 2.88. The van der Waals surface area contributed by atoms with Gasteiger partial charge in [0, 0.05) is 0 Å². The fraction of sp³-hybridized carbons (Fsp3) is 0.200. The topological polar surface area (TPSA) is 55.4 Å². The van der Waals surface area contributed by atoms with E-state index in [0.717, 1.165) is 5.56 Å². The van der Waals surface area contributed by atoms with Crippen molar-refractivity contribution in [3.05, 3.63) is 56.2 Å². The van der Waals surface area contributed by atoms with Gasteiger partial charge in [0.1, 0.15) is 4.88 Å². The summed E-state index contributed by atoms with van der Waals surface area (Å²) in [6, 6.07) is 8.24. The lowest BCUT2D eigenvalue weighted by Crippen LogP contribution is -2.31. The van der Waals surface area contributed by atoms with Gasteiger partial charge >= 0.3 is 5.97 Å². The molecule has 116 valence electrons. The molecule has 1 aromatic heterocycles. The number of hydrogen-bond acceptors (Lipinski definition) is 4. The summed E-state index contributed by atoms with van der Waals surface area (Å²) in [5.41, 5.74) is 0.812. The third-order valence-corrected chi connectivity index (χ3v) is 4.47. The normalized spacial score (nSPS) is 11.8. The number of hydrogen-bond donors (Lipinski definition) is 1. The molecule has 7 heteroatoms. The molecule has 0 aliphatic rings. The van der Waals surface area contributed by atoms with E-state index in [4.69, 9.17) is 27.9 Å². The largest absolute Gasteiger partial charge is 0.451 e. The monoisotopic (exact) mass is 357 g/mol. The number of carbonyl (C=O) groups excluding carboxylic acids is 2. The number of ether oxygens (including phenoxy) is 1. The van der Waals surface area contributed by atoms with Crippen molar-refractivity contribution >= 4 is 46.4 Å². The smallest absolute Gasteiger partial charge is 0.348 e. The number of thiophene rings is 1. The Labute approximate surface area is 142 Å². The Morgan fingerprint density at radius 3 is 2.68 bits per heavy atom. The second-order valence-electron chi connectivity index (χ2n) is 4.52. The number of rotatable bonds is 5. The molecule has 0 saturated heterocycles. The molecule has 2 aromatic rings. The summed E-state index contributed by atoms with van der Waals surface area (Å²) in [6.45, 7) is 1.47. The van der Waals surface area contributed by atoms with Crippen molar-refractivity contribution in [2.75, 3.05) is 6.61 Å². The maximum atomic E-state index is 11.8. The van der Waals surface area contributed by atoms with Crippen LogP contribution in [0.1, 0.15) is 28.2 Å². The van der Waals surface area contributed by atoms with Gasteiger partial charge in [-0.05, 0) is 36.1 Å². The van der Waals surface area contributed by atoms with E-state index in [0.29, 0.717) is 14.9 Å². The average molecular weight is 358 g/mol. The summed E-state index contributed by atoms with van der Waals surface area (Å²) in [5.74, 6) is -0.893. The lowest BCUT2D eigenvalue weighted by molar-refractivity contribution is -0.124. The molecule has 0 aliphatic carbocycles. The maximum Gasteiger partial charge on any atom is 0.348 e. The van der Waals surface area contributed by atoms with Crippen LogP contribution in [0.4, 0.5) is 0 Å². The van der Waals surface area contributed by atoms with Gasteiger partial charge in [-0.3, -0.25) is 4.79 Å². The Balaban J connectivity index is 1.86. The van der Waals surface area contributed by atoms with Crippen LogP contribution in [0.2, 0.25) is 10.0 Å². The van der Waals surface area contributed by atoms with Gasteiger partial charge in [0.25, 0.3) is 5.91 Å². The molecule has 1 heterocycles. The predicted octanol–water partition coefficient (Wildman–Crippen LogP) is 4.09. The maximum absolute atomic E-state index is 11.8. The summed E-state index contributed by atoms with van der Waals surface area (Å²) in [6.07, 6.45) is 0. The molecule has 0 saturated carbocycles. The second-order valence-corrected chi connectivity index (χ2v) is 6.28. The molecule has 1 N–H and O–H groups in total. The van der Waals surface area contributed by atoms with Crippen molar-refractivity contribution in [2.24, 2.45) is 0 Å². The van der Waals surface area contributed by atoms with Crippen LogP contribution in [-0.2, 0) is 9.53 Å². The lowest BCUT2D eigenvalue weighted by Gasteiger charge is -2.15. The molecule has 0 unspecified atom stereocenters. The van der Waals surface area contributed by atoms with Gasteiger partial charge in [0.05, 0.1) is 16.1 Å². The predicted molar refractivity (Wildman–Crippen MR) is 87.6 cm³/mol. The second kappa shape index (κ2) is 7.63. The first-order chi connectivity index (χ1) is 10.5. The summed E-state index contributed by atoms with van der Waals surface area (Å²) >= 11 is 13.1. The van der Waals surface area contributed by atoms with E-state index >= 15 is 0 Å². The molecule has 22 heavy (non-hydrogen) atoms. The fourth-order valence-electron chi connectivity index (χ4n) is 1.75. The Kier molecular flexibility index (Phi) is 5.83. The van der Waals surface area contributed by atoms with E-state index in [-0.39, 0.29) is 18.6 Å². The van der Waals surface area contributed by atoms with Gasteiger partial charge in [-0.1, -0.05) is 35.3 Å². The molecule has 2 rings (SSSR count). The van der Waals surface area contributed by atoms with Crippen LogP contribution in [0.25, 0.3) is 0 Å². The highest BCUT2D eigenvalue weighted by Crippen LogP contribution is 2.25. The molecule has 0 fully saturated rings. The summed E-state index contributed by atoms with van der Waals surface area (Å²) in [5, 5.41) is 5.37. The molecular formula is C15H13Cl2NO3S. The van der Waals surface area contributed by atoms with E-state index in [1.165, 1.54) is 11.3 Å². The van der Waals surface area contributed by atoms with Crippen molar-refractivity contribution in [1.29, 1.82) is 0 Å². The van der Waals surface area contributed by atoms with Gasteiger partial charge < -0.3 is 10.1 Å². The molecule has 1 atom stereocenters. The van der Waals surface area contributed by atoms with Gasteiger partial charge in [-0.25, -0.2) is 4.79 Å². The molecule has 1 amide bonds. The summed E-state index contributed by atoms with van der Waals surface area (Å²) < 4.78 is 4.94. The average Bonchev–Trinajstić information content (AvgIpc) is 3.02. The van der Waals surface area contributed by atoms with Gasteiger partial charge in [0.2, 0.25) is 0 Å². The Morgan fingerprint density at radius 2 is 2.05 bits per heavy atom. The van der Waals surface area contributed by atoms with Crippen LogP contribution in [0.3, 0.4) is 0 Å². The molecule has 0 bridgehead atoms. The molecule has 4 nitrogen and oxygen atoms in total. The first-order valence-corrected chi connectivity index (χ1v) is 8.06. The fourth-order valence-corrected chi connectivity index (χ4v) is 2.67. The van der Waals surface area contributed by atoms with Crippen LogP contribution >= 0.6 is 34.5 Å². The zero-order valence-electron chi connectivity index (χ0n) is 11.6. The summed E-state index contributed by atoms with van der Waals surface area (Å²) in [4.78, 5) is 23.9. The van der Waals surface area contributed by atoms with Crippen molar-refractivity contribution in [3.63, 3.8) is 0 Å². The molecular weight excluding hydrogens is 345 g/mol. The van der Waals surface area contributed by atoms with Gasteiger partial charge in [-0.2, -0.15) is 0 Å². The molecule has 1 aromatic carbocycles. The van der Waals surface area contributed by atoms with E-state index in [1.54, 1.807) is 42.6 Å². The number of amides is 1. The van der Waals surface area contributed by atoms with Crippen LogP contribution in [0.5, 0.6) is 0 Å². The number of benzene rings is 1. The van der Waals surface area contributed by atoms with Crippen LogP contribution in [-0.4, -0.2) is 18.5 Å². The number of carbonyl (C=O) groups is 2. The van der Waals surface area contributed by atoms with Crippen molar-refractivity contribution in [1.82, 2.24) is 5.32 Å². The minimum absolute atomic E-state index is 0.275. The van der Waals surface area contributed by atoms with E-state index in [9.17, 15) is 9.59 Å². The zero-order chi connectivity index (χ0) is 16.1. The lowest BCUT2D eigenvalue weighted by atomic mass is 10.1. The minimum Gasteiger partial charge on any atom is -0.451 e. The molecule has 0 aliphatic heterocycles.